The predicted octanol–water partition coefficient (Wildman–Crippen LogP) is 3.99. The van der Waals surface area contributed by atoms with E-state index in [9.17, 15) is 9.59 Å². The van der Waals surface area contributed by atoms with E-state index in [0.29, 0.717) is 18.2 Å². The Bertz CT molecular complexity index is 824. The molecule has 2 amide bonds. The van der Waals surface area contributed by atoms with Crippen LogP contribution in [0.15, 0.2) is 41.0 Å². The van der Waals surface area contributed by atoms with Crippen LogP contribution in [0.2, 0.25) is 0 Å². The van der Waals surface area contributed by atoms with Gasteiger partial charge in [-0.3, -0.25) is 9.59 Å². The van der Waals surface area contributed by atoms with Gasteiger partial charge in [0.1, 0.15) is 0 Å². The Morgan fingerprint density at radius 3 is 2.54 bits per heavy atom. The van der Waals surface area contributed by atoms with Crippen LogP contribution in [-0.4, -0.2) is 37.4 Å². The number of carbonyl (C=O) groups excluding carboxylic acids is 2. The van der Waals surface area contributed by atoms with Crippen molar-refractivity contribution in [1.82, 2.24) is 4.90 Å². The highest BCUT2D eigenvalue weighted by Gasteiger charge is 2.33. The number of amides is 2. The number of nitrogens with one attached hydrogen (secondary N) is 1. The number of hydrogen-bond acceptors (Lipinski definition) is 4. The van der Waals surface area contributed by atoms with Crippen LogP contribution in [0, 0.1) is 11.8 Å². The fourth-order valence-electron chi connectivity index (χ4n) is 3.29. The molecule has 0 aliphatic heterocycles. The van der Waals surface area contributed by atoms with Crippen molar-refractivity contribution in [3.63, 3.8) is 0 Å². The van der Waals surface area contributed by atoms with E-state index in [2.05, 4.69) is 19.2 Å². The lowest BCUT2D eigenvalue weighted by Crippen LogP contribution is -2.35. The molecule has 0 spiro atoms. The SMILES string of the molecule is CC(C)CN(Cc1cc(NC(=O)c2ccco2)ccc1N(C)C)C(=O)C1CC1. The molecule has 0 bridgehead atoms. The van der Waals surface area contributed by atoms with Crippen molar-refractivity contribution in [2.45, 2.75) is 33.2 Å². The first-order chi connectivity index (χ1) is 13.3. The molecule has 6 nitrogen and oxygen atoms in total. The van der Waals surface area contributed by atoms with Gasteiger partial charge < -0.3 is 19.5 Å². The van der Waals surface area contributed by atoms with Crippen LogP contribution < -0.4 is 10.2 Å². The van der Waals surface area contributed by atoms with Gasteiger partial charge in [0.15, 0.2) is 5.76 Å². The second kappa shape index (κ2) is 8.50. The largest absolute Gasteiger partial charge is 0.459 e. The van der Waals surface area contributed by atoms with Crippen molar-refractivity contribution in [3.8, 4) is 0 Å². The summed E-state index contributed by atoms with van der Waals surface area (Å²) >= 11 is 0. The topological polar surface area (TPSA) is 65.8 Å². The Balaban J connectivity index is 1.83. The van der Waals surface area contributed by atoms with Gasteiger partial charge in [-0.1, -0.05) is 13.8 Å². The molecule has 150 valence electrons. The zero-order chi connectivity index (χ0) is 20.3. The van der Waals surface area contributed by atoms with Crippen LogP contribution in [0.3, 0.4) is 0 Å². The smallest absolute Gasteiger partial charge is 0.291 e. The third-order valence-corrected chi connectivity index (χ3v) is 4.75. The minimum absolute atomic E-state index is 0.184. The summed E-state index contributed by atoms with van der Waals surface area (Å²) in [5.74, 6) is 0.796. The number of nitrogens with zero attached hydrogens (tertiary/aromatic N) is 2. The standard InChI is InChI=1S/C22H29N3O3/c1-15(2)13-25(22(27)16-7-8-16)14-17-12-18(9-10-19(17)24(3)4)23-21(26)20-6-5-11-28-20/h5-6,9-12,15-16H,7-8,13-14H2,1-4H3,(H,23,26). The summed E-state index contributed by atoms with van der Waals surface area (Å²) in [5.41, 5.74) is 2.73. The zero-order valence-corrected chi connectivity index (χ0v) is 17.1. The molecule has 28 heavy (non-hydrogen) atoms. The van der Waals surface area contributed by atoms with Crippen molar-refractivity contribution < 1.29 is 14.0 Å². The molecule has 1 aromatic heterocycles. The molecule has 3 rings (SSSR count). The summed E-state index contributed by atoms with van der Waals surface area (Å²) in [7, 11) is 3.96. The maximum Gasteiger partial charge on any atom is 0.291 e. The first-order valence-electron chi connectivity index (χ1n) is 9.79. The van der Waals surface area contributed by atoms with Gasteiger partial charge in [-0.25, -0.2) is 0 Å². The van der Waals surface area contributed by atoms with Gasteiger partial charge in [-0.2, -0.15) is 0 Å². The Labute approximate surface area is 166 Å². The average Bonchev–Trinajstić information content (AvgIpc) is 3.33. The van der Waals surface area contributed by atoms with Crippen molar-refractivity contribution in [2.75, 3.05) is 30.9 Å². The summed E-state index contributed by atoms with van der Waals surface area (Å²) in [6.45, 7) is 5.51. The van der Waals surface area contributed by atoms with Crippen molar-refractivity contribution in [2.24, 2.45) is 11.8 Å². The summed E-state index contributed by atoms with van der Waals surface area (Å²) in [6, 6.07) is 9.10. The van der Waals surface area contributed by atoms with Crippen LogP contribution >= 0.6 is 0 Å². The van der Waals surface area contributed by atoms with E-state index in [1.54, 1.807) is 12.1 Å². The molecule has 1 aliphatic carbocycles. The predicted molar refractivity (Wildman–Crippen MR) is 110 cm³/mol. The van der Waals surface area contributed by atoms with E-state index in [4.69, 9.17) is 4.42 Å². The number of rotatable bonds is 8. The van der Waals surface area contributed by atoms with Crippen LogP contribution in [-0.2, 0) is 11.3 Å². The second-order valence-electron chi connectivity index (χ2n) is 8.06. The number of benzene rings is 1. The molecule has 0 radical (unpaired) electrons. The minimum Gasteiger partial charge on any atom is -0.459 e. The lowest BCUT2D eigenvalue weighted by atomic mass is 10.1. The fraction of sp³-hybridized carbons (Fsp3) is 0.455. The number of anilines is 2. The molecule has 2 aromatic rings. The van der Waals surface area contributed by atoms with E-state index >= 15 is 0 Å². The average molecular weight is 383 g/mol. The maximum atomic E-state index is 12.8. The summed E-state index contributed by atoms with van der Waals surface area (Å²) in [5, 5.41) is 2.87. The molecule has 1 fully saturated rings. The van der Waals surface area contributed by atoms with E-state index in [1.807, 2.05) is 42.1 Å². The Kier molecular flexibility index (Phi) is 6.07. The van der Waals surface area contributed by atoms with Gasteiger partial charge in [0.2, 0.25) is 5.91 Å². The van der Waals surface area contributed by atoms with Gasteiger partial charge in [0.05, 0.1) is 6.26 Å². The third-order valence-electron chi connectivity index (χ3n) is 4.75. The zero-order valence-electron chi connectivity index (χ0n) is 17.1. The molecule has 1 aromatic carbocycles. The van der Waals surface area contributed by atoms with E-state index in [1.165, 1.54) is 6.26 Å². The summed E-state index contributed by atoms with van der Waals surface area (Å²) < 4.78 is 5.16. The molecule has 1 N–H and O–H groups in total. The molecule has 0 atom stereocenters. The van der Waals surface area contributed by atoms with Gasteiger partial charge in [-0.05, 0) is 54.7 Å². The monoisotopic (exact) mass is 383 g/mol. The number of hydrogen-bond donors (Lipinski definition) is 1. The number of furan rings is 1. The van der Waals surface area contributed by atoms with Gasteiger partial charge in [0, 0.05) is 44.5 Å². The Morgan fingerprint density at radius 1 is 1.21 bits per heavy atom. The van der Waals surface area contributed by atoms with Crippen LogP contribution in [0.5, 0.6) is 0 Å². The lowest BCUT2D eigenvalue weighted by molar-refractivity contribution is -0.133. The molecule has 1 heterocycles. The third kappa shape index (κ3) is 4.94. The first kappa shape index (κ1) is 20.0. The first-order valence-corrected chi connectivity index (χ1v) is 9.79. The van der Waals surface area contributed by atoms with Crippen molar-refractivity contribution in [3.05, 3.63) is 47.9 Å². The molecule has 0 unspecified atom stereocenters. The Hall–Kier alpha value is -2.76. The van der Waals surface area contributed by atoms with Crippen LogP contribution in [0.25, 0.3) is 0 Å². The van der Waals surface area contributed by atoms with E-state index < -0.39 is 0 Å². The second-order valence-corrected chi connectivity index (χ2v) is 8.06. The van der Waals surface area contributed by atoms with E-state index in [0.717, 1.165) is 30.6 Å². The quantitative estimate of drug-likeness (QED) is 0.748. The molecule has 1 aliphatic rings. The normalized spacial score (nSPS) is 13.5. The highest BCUT2D eigenvalue weighted by molar-refractivity contribution is 6.02. The summed E-state index contributed by atoms with van der Waals surface area (Å²) in [4.78, 5) is 29.1. The lowest BCUT2D eigenvalue weighted by Gasteiger charge is -2.27. The molecule has 1 saturated carbocycles. The molecular weight excluding hydrogens is 354 g/mol. The van der Waals surface area contributed by atoms with E-state index in [-0.39, 0.29) is 23.5 Å². The maximum absolute atomic E-state index is 12.8. The van der Waals surface area contributed by atoms with Crippen LogP contribution in [0.1, 0.15) is 42.8 Å². The molecule has 0 saturated heterocycles. The molecular formula is C22H29N3O3. The van der Waals surface area contributed by atoms with Gasteiger partial charge >= 0.3 is 0 Å². The summed E-state index contributed by atoms with van der Waals surface area (Å²) in [6.07, 6.45) is 3.46. The highest BCUT2D eigenvalue weighted by Crippen LogP contribution is 2.33. The van der Waals surface area contributed by atoms with Crippen molar-refractivity contribution >= 4 is 23.2 Å². The van der Waals surface area contributed by atoms with Crippen molar-refractivity contribution in [1.29, 1.82) is 0 Å². The highest BCUT2D eigenvalue weighted by atomic mass is 16.3. The fourth-order valence-corrected chi connectivity index (χ4v) is 3.29. The van der Waals surface area contributed by atoms with Gasteiger partial charge in [0.25, 0.3) is 5.91 Å². The van der Waals surface area contributed by atoms with Crippen LogP contribution in [0.4, 0.5) is 11.4 Å². The minimum atomic E-state index is -0.290. The van der Waals surface area contributed by atoms with Gasteiger partial charge in [-0.15, -0.1) is 0 Å². The molecule has 6 heteroatoms. The Morgan fingerprint density at radius 2 is 1.96 bits per heavy atom. The number of carbonyl (C=O) groups is 2.